The van der Waals surface area contributed by atoms with E-state index in [0.29, 0.717) is 11.8 Å². The van der Waals surface area contributed by atoms with Crippen molar-refractivity contribution < 1.29 is 4.79 Å². The molecule has 12 heavy (non-hydrogen) atoms. The van der Waals surface area contributed by atoms with Crippen LogP contribution in [0.2, 0.25) is 0 Å². The number of rotatable bonds is 2. The van der Waals surface area contributed by atoms with Gasteiger partial charge in [-0.05, 0) is 18.8 Å². The van der Waals surface area contributed by atoms with E-state index >= 15 is 0 Å². The Kier molecular flexibility index (Phi) is 5.77. The van der Waals surface area contributed by atoms with Crippen LogP contribution in [0.25, 0.3) is 0 Å². The number of amides is 1. The molecule has 0 aliphatic carbocycles. The van der Waals surface area contributed by atoms with Gasteiger partial charge in [0.05, 0.1) is 0 Å². The molecule has 1 unspecified atom stereocenters. The molecule has 0 radical (unpaired) electrons. The van der Waals surface area contributed by atoms with Gasteiger partial charge in [-0.3, -0.25) is 4.79 Å². The molecule has 1 aliphatic heterocycles. The van der Waals surface area contributed by atoms with Crippen LogP contribution < -0.4 is 5.32 Å². The molecule has 1 aliphatic rings. The Balaban J connectivity index is 0.000000561. The van der Waals surface area contributed by atoms with Crippen molar-refractivity contribution in [2.45, 2.75) is 40.5 Å². The van der Waals surface area contributed by atoms with Gasteiger partial charge < -0.3 is 5.32 Å². The normalized spacial score (nSPS) is 21.8. The number of nitrogens with one attached hydrogen (secondary N) is 1. The molecular weight excluding hydrogens is 150 g/mol. The van der Waals surface area contributed by atoms with Gasteiger partial charge in [0.2, 0.25) is 5.91 Å². The van der Waals surface area contributed by atoms with E-state index < -0.39 is 0 Å². The van der Waals surface area contributed by atoms with Crippen LogP contribution in [-0.2, 0) is 4.79 Å². The molecule has 2 heteroatoms. The zero-order valence-corrected chi connectivity index (χ0v) is 8.68. The number of hydrogen-bond donors (Lipinski definition) is 1. The van der Waals surface area contributed by atoms with Crippen molar-refractivity contribution in [2.24, 2.45) is 11.8 Å². The Hall–Kier alpha value is -0.530. The second-order valence-electron chi connectivity index (χ2n) is 3.41. The van der Waals surface area contributed by atoms with E-state index in [4.69, 9.17) is 0 Å². The van der Waals surface area contributed by atoms with Crippen molar-refractivity contribution in [3.63, 3.8) is 0 Å². The van der Waals surface area contributed by atoms with Crippen LogP contribution in [0, 0.1) is 11.8 Å². The Morgan fingerprint density at radius 2 is 2.08 bits per heavy atom. The minimum atomic E-state index is 0.258. The third-order valence-electron chi connectivity index (χ3n) is 1.92. The summed E-state index contributed by atoms with van der Waals surface area (Å²) < 4.78 is 0. The first-order valence-electron chi connectivity index (χ1n) is 4.98. The van der Waals surface area contributed by atoms with E-state index in [1.165, 1.54) is 0 Å². The molecule has 0 saturated carbocycles. The molecule has 0 aromatic heterocycles. The van der Waals surface area contributed by atoms with Crippen molar-refractivity contribution in [3.05, 3.63) is 0 Å². The highest BCUT2D eigenvalue weighted by molar-refractivity contribution is 5.80. The van der Waals surface area contributed by atoms with Gasteiger partial charge in [0, 0.05) is 12.5 Å². The van der Waals surface area contributed by atoms with E-state index in [1.807, 2.05) is 13.8 Å². The minimum Gasteiger partial charge on any atom is -0.356 e. The first-order valence-corrected chi connectivity index (χ1v) is 4.98. The lowest BCUT2D eigenvalue weighted by Gasteiger charge is -2.08. The van der Waals surface area contributed by atoms with Crippen molar-refractivity contribution in [1.82, 2.24) is 5.32 Å². The second kappa shape index (κ2) is 6.04. The molecule has 1 rings (SSSR count). The first-order chi connectivity index (χ1) is 5.70. The van der Waals surface area contributed by atoms with Crippen LogP contribution in [0.15, 0.2) is 0 Å². The van der Waals surface area contributed by atoms with Crippen LogP contribution in [0.5, 0.6) is 0 Å². The van der Waals surface area contributed by atoms with Gasteiger partial charge in [-0.2, -0.15) is 0 Å². The third kappa shape index (κ3) is 3.74. The summed E-state index contributed by atoms with van der Waals surface area (Å²) in [6, 6.07) is 0. The van der Waals surface area contributed by atoms with Gasteiger partial charge in [-0.15, -0.1) is 0 Å². The van der Waals surface area contributed by atoms with Crippen molar-refractivity contribution >= 4 is 5.91 Å². The van der Waals surface area contributed by atoms with E-state index in [0.717, 1.165) is 19.4 Å². The van der Waals surface area contributed by atoms with Gasteiger partial charge in [0.25, 0.3) is 0 Å². The van der Waals surface area contributed by atoms with Crippen LogP contribution in [-0.4, -0.2) is 12.5 Å². The summed E-state index contributed by atoms with van der Waals surface area (Å²) in [5, 5.41) is 2.84. The van der Waals surface area contributed by atoms with E-state index in [9.17, 15) is 4.79 Å². The predicted octanol–water partition coefficient (Wildman–Crippen LogP) is 2.19. The van der Waals surface area contributed by atoms with Crippen LogP contribution in [0.4, 0.5) is 0 Å². The van der Waals surface area contributed by atoms with Gasteiger partial charge in [-0.1, -0.05) is 27.7 Å². The van der Waals surface area contributed by atoms with E-state index in [2.05, 4.69) is 19.2 Å². The number of carbonyl (C=O) groups is 1. The zero-order valence-electron chi connectivity index (χ0n) is 8.68. The average Bonchev–Trinajstić information content (AvgIpc) is 2.40. The highest BCUT2D eigenvalue weighted by Gasteiger charge is 2.24. The summed E-state index contributed by atoms with van der Waals surface area (Å²) in [6.45, 7) is 9.20. The monoisotopic (exact) mass is 171 g/mol. The number of carbonyl (C=O) groups excluding carboxylic acids is 1. The fraction of sp³-hybridized carbons (Fsp3) is 0.900. The van der Waals surface area contributed by atoms with Crippen LogP contribution in [0.3, 0.4) is 0 Å². The summed E-state index contributed by atoms with van der Waals surface area (Å²) in [5.41, 5.74) is 0. The summed E-state index contributed by atoms with van der Waals surface area (Å²) in [7, 11) is 0. The standard InChI is InChI=1S/C8H15NO.C2H6/c1-6(2)5-7-3-4-9-8(7)10;1-2/h6-7H,3-5H2,1-2H3,(H,9,10);1-2H3. The Morgan fingerprint density at radius 3 is 2.42 bits per heavy atom. The van der Waals surface area contributed by atoms with Crippen molar-refractivity contribution in [3.8, 4) is 0 Å². The maximum atomic E-state index is 11.0. The molecule has 0 aromatic rings. The molecule has 0 bridgehead atoms. The summed E-state index contributed by atoms with van der Waals surface area (Å²) >= 11 is 0. The largest absolute Gasteiger partial charge is 0.356 e. The molecule has 0 spiro atoms. The van der Waals surface area contributed by atoms with Gasteiger partial charge in [0.1, 0.15) is 0 Å². The molecular formula is C10H21NO. The SMILES string of the molecule is CC.CC(C)CC1CCNC1=O. The predicted molar refractivity (Wildman–Crippen MR) is 51.9 cm³/mol. The van der Waals surface area contributed by atoms with Gasteiger partial charge in [0.15, 0.2) is 0 Å². The second-order valence-corrected chi connectivity index (χ2v) is 3.41. The Labute approximate surface area is 75.7 Å². The minimum absolute atomic E-state index is 0.258. The van der Waals surface area contributed by atoms with Gasteiger partial charge in [-0.25, -0.2) is 0 Å². The lowest BCUT2D eigenvalue weighted by Crippen LogP contribution is -2.19. The lowest BCUT2D eigenvalue weighted by atomic mass is 9.96. The fourth-order valence-electron chi connectivity index (χ4n) is 1.44. The zero-order chi connectivity index (χ0) is 9.56. The average molecular weight is 171 g/mol. The van der Waals surface area contributed by atoms with Crippen LogP contribution >= 0.6 is 0 Å². The summed E-state index contributed by atoms with van der Waals surface area (Å²) in [5.74, 6) is 1.21. The maximum absolute atomic E-state index is 11.0. The highest BCUT2D eigenvalue weighted by Crippen LogP contribution is 2.18. The van der Waals surface area contributed by atoms with Crippen molar-refractivity contribution in [1.29, 1.82) is 0 Å². The van der Waals surface area contributed by atoms with Gasteiger partial charge >= 0.3 is 0 Å². The van der Waals surface area contributed by atoms with E-state index in [1.54, 1.807) is 0 Å². The Morgan fingerprint density at radius 1 is 1.50 bits per heavy atom. The summed E-state index contributed by atoms with van der Waals surface area (Å²) in [6.07, 6.45) is 2.09. The molecule has 1 fully saturated rings. The summed E-state index contributed by atoms with van der Waals surface area (Å²) in [4.78, 5) is 11.0. The lowest BCUT2D eigenvalue weighted by molar-refractivity contribution is -0.122. The molecule has 1 amide bonds. The molecule has 1 atom stereocenters. The quantitative estimate of drug-likeness (QED) is 0.678. The van der Waals surface area contributed by atoms with Crippen molar-refractivity contribution in [2.75, 3.05) is 6.54 Å². The molecule has 1 heterocycles. The molecule has 0 aromatic carbocycles. The highest BCUT2D eigenvalue weighted by atomic mass is 16.2. The number of hydrogen-bond acceptors (Lipinski definition) is 1. The molecule has 2 nitrogen and oxygen atoms in total. The Bertz CT molecular complexity index is 132. The topological polar surface area (TPSA) is 29.1 Å². The molecule has 1 N–H and O–H groups in total. The maximum Gasteiger partial charge on any atom is 0.223 e. The van der Waals surface area contributed by atoms with E-state index in [-0.39, 0.29) is 5.91 Å². The smallest absolute Gasteiger partial charge is 0.223 e. The molecule has 72 valence electrons. The fourth-order valence-corrected chi connectivity index (χ4v) is 1.44. The molecule has 1 saturated heterocycles. The van der Waals surface area contributed by atoms with Crippen LogP contribution in [0.1, 0.15) is 40.5 Å². The third-order valence-corrected chi connectivity index (χ3v) is 1.92. The first kappa shape index (κ1) is 11.5.